The summed E-state index contributed by atoms with van der Waals surface area (Å²) in [6, 6.07) is 33.1. The molecular weight excluding hydrogens is 779 g/mol. The Balaban J connectivity index is 0. The number of rotatable bonds is 21. The molecule has 0 aliphatic rings. The molecule has 2 N–H and O–H groups in total. The number of carbonyl (C=O) groups is 1. The number of aliphatic hydroxyl groups excluding tert-OH is 1. The fourth-order valence-corrected chi connectivity index (χ4v) is 9.34. The Morgan fingerprint density at radius 3 is 1.49 bits per heavy atom. The number of amides is 1. The van der Waals surface area contributed by atoms with Gasteiger partial charge in [-0.3, -0.25) is 11.6 Å². The molecule has 0 spiro atoms. The van der Waals surface area contributed by atoms with Crippen LogP contribution in [0.2, 0.25) is 0 Å². The SMILES string of the molecule is CCCCCCCC(=O)N(C)C.CCCCCCCCO.C[PH+](CCNCC[PH+](c1ccccc1)c1ccccc1)c1ccccc1.[CH-]=O.[Cl][RuH+2]. The van der Waals surface area contributed by atoms with Crippen LogP contribution < -0.4 is 21.2 Å². The third-order valence-electron chi connectivity index (χ3n) is 8.24. The van der Waals surface area contributed by atoms with Crippen LogP contribution in [0.3, 0.4) is 0 Å². The summed E-state index contributed by atoms with van der Waals surface area (Å²) in [5.74, 6) is 0.256. The van der Waals surface area contributed by atoms with Crippen LogP contribution in [0.5, 0.6) is 0 Å². The first-order valence-electron chi connectivity index (χ1n) is 18.7. The van der Waals surface area contributed by atoms with Crippen LogP contribution >= 0.6 is 25.5 Å². The molecule has 0 radical (unpaired) electrons. The van der Waals surface area contributed by atoms with Crippen molar-refractivity contribution in [2.75, 3.05) is 52.8 Å². The van der Waals surface area contributed by atoms with Gasteiger partial charge in [-0.15, -0.1) is 0 Å². The van der Waals surface area contributed by atoms with Crippen LogP contribution in [0.25, 0.3) is 0 Å². The van der Waals surface area contributed by atoms with Crippen molar-refractivity contribution >= 4 is 54.1 Å². The van der Waals surface area contributed by atoms with Gasteiger partial charge in [-0.25, -0.2) is 0 Å². The number of hydrogen-bond donors (Lipinski definition) is 2. The first-order valence-corrected chi connectivity index (χ1v) is 25.0. The van der Waals surface area contributed by atoms with Crippen LogP contribution in [0, 0.1) is 0 Å². The molecule has 5 nitrogen and oxygen atoms in total. The van der Waals surface area contributed by atoms with Crippen LogP contribution in [0.1, 0.15) is 90.9 Å². The van der Waals surface area contributed by atoms with Crippen molar-refractivity contribution in [1.82, 2.24) is 10.2 Å². The molecule has 9 heteroatoms. The molecule has 0 saturated heterocycles. The number of hydrogen-bond acceptors (Lipinski definition) is 4. The Kier molecular flexibility index (Phi) is 40.2. The average Bonchev–Trinajstić information content (AvgIpc) is 3.19. The monoisotopic (exact) mass is 849 g/mol. The van der Waals surface area contributed by atoms with Gasteiger partial charge < -0.3 is 20.1 Å². The van der Waals surface area contributed by atoms with Crippen molar-refractivity contribution in [2.45, 2.75) is 90.9 Å². The summed E-state index contributed by atoms with van der Waals surface area (Å²) in [7, 11) is 7.11. The van der Waals surface area contributed by atoms with E-state index in [0.29, 0.717) is 6.61 Å². The van der Waals surface area contributed by atoms with Crippen LogP contribution in [-0.2, 0) is 26.9 Å². The van der Waals surface area contributed by atoms with E-state index in [9.17, 15) is 4.79 Å². The minimum atomic E-state index is -0.706. The van der Waals surface area contributed by atoms with Gasteiger partial charge in [0.15, 0.2) is 0 Å². The molecule has 0 bridgehead atoms. The summed E-state index contributed by atoms with van der Waals surface area (Å²) in [6.07, 6.45) is 16.8. The molecule has 1 atom stereocenters. The number of unbranched alkanes of at least 4 members (excludes halogenated alkanes) is 9. The molecule has 3 aromatic carbocycles. The molecule has 1 amide bonds. The topological polar surface area (TPSA) is 69.6 Å². The maximum atomic E-state index is 11.1. The molecule has 288 valence electrons. The van der Waals surface area contributed by atoms with E-state index in [1.165, 1.54) is 86.0 Å². The summed E-state index contributed by atoms with van der Waals surface area (Å²) in [6.45, 7) is 12.7. The fraction of sp³-hybridized carbons (Fsp3) is 0.524. The summed E-state index contributed by atoms with van der Waals surface area (Å²) in [4.78, 5) is 20.5. The zero-order valence-electron chi connectivity index (χ0n) is 32.2. The number of benzene rings is 3. The second-order valence-electron chi connectivity index (χ2n) is 12.6. The summed E-state index contributed by atoms with van der Waals surface area (Å²) >= 11 is 1.62. The van der Waals surface area contributed by atoms with Gasteiger partial charge in [0.05, 0.1) is 42.8 Å². The van der Waals surface area contributed by atoms with Gasteiger partial charge in [-0.1, -0.05) is 126 Å². The first kappa shape index (κ1) is 51.6. The fourth-order valence-electron chi connectivity index (χ4n) is 5.21. The van der Waals surface area contributed by atoms with Gasteiger partial charge in [0, 0.05) is 48.1 Å². The van der Waals surface area contributed by atoms with Gasteiger partial charge in [0.1, 0.15) is 0 Å². The molecule has 0 aliphatic heterocycles. The predicted octanol–water partition coefficient (Wildman–Crippen LogP) is 8.53. The van der Waals surface area contributed by atoms with Crippen molar-refractivity contribution in [1.29, 1.82) is 0 Å². The molecule has 3 aromatic rings. The van der Waals surface area contributed by atoms with E-state index in [1.807, 2.05) is 14.1 Å². The summed E-state index contributed by atoms with van der Waals surface area (Å²) < 4.78 is 0. The van der Waals surface area contributed by atoms with E-state index in [0.717, 1.165) is 32.4 Å². The second kappa shape index (κ2) is 39.7. The van der Waals surface area contributed by atoms with Gasteiger partial charge in [-0.05, 0) is 49.2 Å². The van der Waals surface area contributed by atoms with E-state index in [1.54, 1.807) is 22.2 Å². The number of nitrogens with one attached hydrogen (secondary N) is 1. The Hall–Kier alpha value is -1.51. The normalized spacial score (nSPS) is 10.5. The molecule has 0 fully saturated rings. The molecule has 0 heterocycles. The zero-order valence-corrected chi connectivity index (χ0v) is 36.8. The van der Waals surface area contributed by atoms with E-state index in [2.05, 4.69) is 133 Å². The maximum absolute atomic E-state index is 11.1. The van der Waals surface area contributed by atoms with Gasteiger partial charge in [-0.2, -0.15) is 0 Å². The Bertz CT molecular complexity index is 1090. The molecule has 51 heavy (non-hydrogen) atoms. The van der Waals surface area contributed by atoms with E-state index in [4.69, 9.17) is 9.90 Å². The van der Waals surface area contributed by atoms with Crippen molar-refractivity contribution in [3.63, 3.8) is 0 Å². The van der Waals surface area contributed by atoms with Crippen LogP contribution in [0.4, 0.5) is 0 Å². The minimum absolute atomic E-state index is 0.256. The molecular formula is C42H70ClN2O3P2Ru+3. The quantitative estimate of drug-likeness (QED) is 0.0371. The van der Waals surface area contributed by atoms with Crippen molar-refractivity contribution in [3.8, 4) is 0 Å². The number of aliphatic hydroxyl groups is 1. The van der Waals surface area contributed by atoms with Crippen LogP contribution in [0.15, 0.2) is 91.0 Å². The molecule has 0 aliphatic carbocycles. The van der Waals surface area contributed by atoms with Crippen molar-refractivity contribution in [3.05, 3.63) is 91.0 Å². The Labute approximate surface area is 329 Å². The van der Waals surface area contributed by atoms with Crippen molar-refractivity contribution < 1.29 is 32.0 Å². The van der Waals surface area contributed by atoms with E-state index in [-0.39, 0.29) is 5.91 Å². The molecule has 1 unspecified atom stereocenters. The van der Waals surface area contributed by atoms with E-state index < -0.39 is 15.8 Å². The molecule has 3 rings (SSSR count). The molecule has 0 aromatic heterocycles. The number of carbonyl (C=O) groups excluding carboxylic acids is 2. The first-order chi connectivity index (χ1) is 24.9. The summed E-state index contributed by atoms with van der Waals surface area (Å²) in [5, 5.41) is 16.7. The van der Waals surface area contributed by atoms with Crippen molar-refractivity contribution in [2.24, 2.45) is 0 Å². The number of halogens is 1. The summed E-state index contributed by atoms with van der Waals surface area (Å²) in [5.41, 5.74) is 0. The van der Waals surface area contributed by atoms with Gasteiger partial charge >= 0.3 is 27.0 Å². The predicted molar refractivity (Wildman–Crippen MR) is 230 cm³/mol. The molecule has 0 saturated carbocycles. The standard InChI is InChI=1S/C23H27NP2.C10H21NO.C8H18O.CHO.ClH.Ru.H/c1-25(21-11-5-2-6-12-21)19-17-24-18-20-26(22-13-7-3-8-14-22)23-15-9-4-10-16-23;1-4-5-6-7-8-9-10(12)11(2)3;1-2-3-4-5-6-7-8-9;1-2;;;/h2-16,24H,17-20H2,1H3;4-9H2,1-3H3;9H,2-8H2,1H3;1H;1H;;/q;;;-1;;+3;/p+1. The second-order valence-corrected chi connectivity index (χ2v) is 17.8. The number of nitrogens with zero attached hydrogens (tertiary/aromatic N) is 1. The average molecular weight is 850 g/mol. The van der Waals surface area contributed by atoms with E-state index >= 15 is 0 Å². The zero-order chi connectivity index (χ0) is 38.4. The third-order valence-corrected chi connectivity index (χ3v) is 13.4. The van der Waals surface area contributed by atoms with Gasteiger partial charge in [0.2, 0.25) is 5.91 Å². The van der Waals surface area contributed by atoms with Crippen LogP contribution in [-0.4, -0.2) is 75.5 Å². The Morgan fingerprint density at radius 1 is 0.667 bits per heavy atom. The van der Waals surface area contributed by atoms with Gasteiger partial charge in [0.25, 0.3) is 0 Å². The third kappa shape index (κ3) is 29.6. The Morgan fingerprint density at radius 2 is 1.06 bits per heavy atom.